The van der Waals surface area contributed by atoms with Crippen LogP contribution in [0.5, 0.6) is 0 Å². The van der Waals surface area contributed by atoms with Gasteiger partial charge in [0.05, 0.1) is 11.4 Å². The predicted octanol–water partition coefficient (Wildman–Crippen LogP) is 0.490. The van der Waals surface area contributed by atoms with Gasteiger partial charge in [-0.3, -0.25) is 9.59 Å². The zero-order valence-corrected chi connectivity index (χ0v) is 14.5. The van der Waals surface area contributed by atoms with Crippen LogP contribution in [0.1, 0.15) is 21.0 Å². The second-order valence-corrected chi connectivity index (χ2v) is 6.01. The minimum absolute atomic E-state index is 0.178. The number of nitrogens with one attached hydrogen (secondary N) is 2. The summed E-state index contributed by atoms with van der Waals surface area (Å²) >= 11 is 0. The molecule has 0 aliphatic carbocycles. The van der Waals surface area contributed by atoms with E-state index >= 15 is 0 Å². The molecule has 0 saturated carbocycles. The van der Waals surface area contributed by atoms with Crippen LogP contribution in [0.15, 0.2) is 24.5 Å². The van der Waals surface area contributed by atoms with E-state index in [-0.39, 0.29) is 11.8 Å². The van der Waals surface area contributed by atoms with Crippen molar-refractivity contribution in [2.45, 2.75) is 0 Å². The van der Waals surface area contributed by atoms with Crippen LogP contribution in [0.4, 0.5) is 11.4 Å². The summed E-state index contributed by atoms with van der Waals surface area (Å²) in [6.45, 7) is 1.32. The molecule has 2 aromatic rings. The standard InChI is InChI=1S/C16H24N6O2/c1-20(2)6-5-18-15(23)14-8-12(10-22(14)4)19-16(24)13-7-11(17)9-21(13)3/h7-10H,5-6,17H2,1-4H3,(H,18,23)(H,19,24). The van der Waals surface area contributed by atoms with Gasteiger partial charge in [0.25, 0.3) is 11.8 Å². The van der Waals surface area contributed by atoms with E-state index in [4.69, 9.17) is 5.73 Å². The molecular weight excluding hydrogens is 308 g/mol. The molecule has 0 spiro atoms. The quantitative estimate of drug-likeness (QED) is 0.717. The first-order valence-corrected chi connectivity index (χ1v) is 7.60. The van der Waals surface area contributed by atoms with Gasteiger partial charge in [0, 0.05) is 39.6 Å². The van der Waals surface area contributed by atoms with Gasteiger partial charge in [0.1, 0.15) is 11.4 Å². The Morgan fingerprint density at radius 2 is 1.71 bits per heavy atom. The predicted molar refractivity (Wildman–Crippen MR) is 94.1 cm³/mol. The summed E-state index contributed by atoms with van der Waals surface area (Å²) in [5.41, 5.74) is 7.70. The van der Waals surface area contributed by atoms with Crippen LogP contribution in [0.25, 0.3) is 0 Å². The first kappa shape index (κ1) is 17.6. The zero-order valence-electron chi connectivity index (χ0n) is 14.5. The Hall–Kier alpha value is -2.74. The fourth-order valence-electron chi connectivity index (χ4n) is 2.35. The van der Waals surface area contributed by atoms with E-state index < -0.39 is 0 Å². The summed E-state index contributed by atoms with van der Waals surface area (Å²) < 4.78 is 3.34. The number of likely N-dealkylation sites (N-methyl/N-ethyl adjacent to an activating group) is 1. The van der Waals surface area contributed by atoms with Crippen molar-refractivity contribution in [3.63, 3.8) is 0 Å². The minimum Gasteiger partial charge on any atom is -0.397 e. The van der Waals surface area contributed by atoms with E-state index in [1.807, 2.05) is 19.0 Å². The lowest BCUT2D eigenvalue weighted by atomic mass is 10.3. The van der Waals surface area contributed by atoms with E-state index in [1.165, 1.54) is 0 Å². The fourth-order valence-corrected chi connectivity index (χ4v) is 2.35. The molecule has 8 heteroatoms. The molecule has 0 unspecified atom stereocenters. The second-order valence-electron chi connectivity index (χ2n) is 6.01. The smallest absolute Gasteiger partial charge is 0.272 e. The Bertz CT molecular complexity index is 744. The third kappa shape index (κ3) is 4.17. The first-order chi connectivity index (χ1) is 11.3. The maximum absolute atomic E-state index is 12.3. The monoisotopic (exact) mass is 332 g/mol. The van der Waals surface area contributed by atoms with E-state index in [0.717, 1.165) is 6.54 Å². The Balaban J connectivity index is 2.04. The molecule has 2 amide bonds. The van der Waals surface area contributed by atoms with Gasteiger partial charge in [-0.1, -0.05) is 0 Å². The molecule has 0 saturated heterocycles. The van der Waals surface area contributed by atoms with Crippen LogP contribution in [0.2, 0.25) is 0 Å². The average molecular weight is 332 g/mol. The Morgan fingerprint density at radius 3 is 2.29 bits per heavy atom. The summed E-state index contributed by atoms with van der Waals surface area (Å²) in [6.07, 6.45) is 3.37. The molecule has 0 radical (unpaired) electrons. The van der Waals surface area contributed by atoms with E-state index in [2.05, 4.69) is 10.6 Å². The van der Waals surface area contributed by atoms with Gasteiger partial charge >= 0.3 is 0 Å². The molecule has 0 fully saturated rings. The number of amides is 2. The number of carbonyl (C=O) groups is 2. The summed E-state index contributed by atoms with van der Waals surface area (Å²) in [5.74, 6) is -0.456. The lowest BCUT2D eigenvalue weighted by Gasteiger charge is -2.10. The molecule has 0 aliphatic rings. The Kier molecular flexibility index (Phi) is 5.30. The lowest BCUT2D eigenvalue weighted by Crippen LogP contribution is -2.32. The second kappa shape index (κ2) is 7.22. The number of carbonyl (C=O) groups excluding carboxylic acids is 2. The SMILES string of the molecule is CN(C)CCNC(=O)c1cc(NC(=O)c2cc(N)cn2C)cn1C. The van der Waals surface area contributed by atoms with Gasteiger partial charge in [0.2, 0.25) is 0 Å². The third-order valence-electron chi connectivity index (χ3n) is 3.60. The van der Waals surface area contributed by atoms with Crippen molar-refractivity contribution in [2.24, 2.45) is 14.1 Å². The number of aryl methyl sites for hydroxylation is 2. The molecule has 0 atom stereocenters. The normalized spacial score (nSPS) is 10.9. The molecule has 24 heavy (non-hydrogen) atoms. The largest absolute Gasteiger partial charge is 0.397 e. The van der Waals surface area contributed by atoms with E-state index in [1.54, 1.807) is 47.8 Å². The molecule has 0 aromatic carbocycles. The van der Waals surface area contributed by atoms with Gasteiger partial charge < -0.3 is 30.4 Å². The summed E-state index contributed by atoms with van der Waals surface area (Å²) in [6, 6.07) is 3.25. The first-order valence-electron chi connectivity index (χ1n) is 7.60. The summed E-state index contributed by atoms with van der Waals surface area (Å²) in [5, 5.41) is 5.63. The Morgan fingerprint density at radius 1 is 1.08 bits per heavy atom. The van der Waals surface area contributed by atoms with E-state index in [9.17, 15) is 9.59 Å². The molecule has 130 valence electrons. The van der Waals surface area contributed by atoms with Crippen molar-refractivity contribution in [3.05, 3.63) is 35.9 Å². The Labute approximate surface area is 141 Å². The van der Waals surface area contributed by atoms with Gasteiger partial charge in [-0.2, -0.15) is 0 Å². The lowest BCUT2D eigenvalue weighted by molar-refractivity contribution is 0.0942. The number of anilines is 2. The van der Waals surface area contributed by atoms with Crippen molar-refractivity contribution < 1.29 is 9.59 Å². The molecule has 2 heterocycles. The van der Waals surface area contributed by atoms with Crippen LogP contribution in [0.3, 0.4) is 0 Å². The maximum atomic E-state index is 12.3. The summed E-state index contributed by atoms with van der Waals surface area (Å²) in [4.78, 5) is 26.5. The third-order valence-corrected chi connectivity index (χ3v) is 3.60. The zero-order chi connectivity index (χ0) is 17.9. The average Bonchev–Trinajstić information content (AvgIpc) is 3.00. The van der Waals surface area contributed by atoms with Gasteiger partial charge in [-0.15, -0.1) is 0 Å². The highest BCUT2D eigenvalue weighted by molar-refractivity contribution is 6.04. The number of aromatic nitrogens is 2. The van der Waals surface area contributed by atoms with Crippen molar-refractivity contribution in [1.29, 1.82) is 0 Å². The number of hydrogen-bond acceptors (Lipinski definition) is 4. The summed E-state index contributed by atoms with van der Waals surface area (Å²) in [7, 11) is 7.40. The molecule has 0 bridgehead atoms. The van der Waals surface area contributed by atoms with Crippen molar-refractivity contribution in [2.75, 3.05) is 38.2 Å². The van der Waals surface area contributed by atoms with E-state index in [0.29, 0.717) is 29.3 Å². The number of nitrogens with zero attached hydrogens (tertiary/aromatic N) is 3. The van der Waals surface area contributed by atoms with Gasteiger partial charge in [-0.05, 0) is 26.2 Å². The highest BCUT2D eigenvalue weighted by Gasteiger charge is 2.15. The van der Waals surface area contributed by atoms with Crippen LogP contribution >= 0.6 is 0 Å². The molecule has 0 aliphatic heterocycles. The van der Waals surface area contributed by atoms with Crippen LogP contribution in [-0.4, -0.2) is 53.0 Å². The van der Waals surface area contributed by atoms with Crippen molar-refractivity contribution in [3.8, 4) is 0 Å². The van der Waals surface area contributed by atoms with Crippen molar-refractivity contribution >= 4 is 23.2 Å². The molecular formula is C16H24N6O2. The highest BCUT2D eigenvalue weighted by Crippen LogP contribution is 2.16. The van der Waals surface area contributed by atoms with Crippen LogP contribution in [0, 0.1) is 0 Å². The molecule has 4 N–H and O–H groups in total. The highest BCUT2D eigenvalue weighted by atomic mass is 16.2. The molecule has 8 nitrogen and oxygen atoms in total. The molecule has 2 rings (SSSR count). The number of rotatable bonds is 6. The number of nitrogen functional groups attached to an aromatic ring is 1. The van der Waals surface area contributed by atoms with Crippen molar-refractivity contribution in [1.82, 2.24) is 19.4 Å². The van der Waals surface area contributed by atoms with Crippen LogP contribution in [-0.2, 0) is 14.1 Å². The van der Waals surface area contributed by atoms with Gasteiger partial charge in [0.15, 0.2) is 0 Å². The maximum Gasteiger partial charge on any atom is 0.272 e. The topological polar surface area (TPSA) is 97.3 Å². The minimum atomic E-state index is -0.278. The number of hydrogen-bond donors (Lipinski definition) is 3. The molecule has 2 aromatic heterocycles. The van der Waals surface area contributed by atoms with Crippen LogP contribution < -0.4 is 16.4 Å². The van der Waals surface area contributed by atoms with Gasteiger partial charge in [-0.25, -0.2) is 0 Å². The fraction of sp³-hybridized carbons (Fsp3) is 0.375. The number of nitrogens with two attached hydrogens (primary N) is 1.